The van der Waals surface area contributed by atoms with E-state index in [9.17, 15) is 4.79 Å². The van der Waals surface area contributed by atoms with Gasteiger partial charge in [0.15, 0.2) is 5.78 Å². The summed E-state index contributed by atoms with van der Waals surface area (Å²) in [7, 11) is 0. The molecule has 2 rings (SSSR count). The van der Waals surface area contributed by atoms with Gasteiger partial charge in [0, 0.05) is 35.9 Å². The van der Waals surface area contributed by atoms with Gasteiger partial charge in [-0.2, -0.15) is 0 Å². The largest absolute Gasteiger partial charge is 0.473 e. The average Bonchev–Trinajstić information content (AvgIpc) is 2.49. The second kappa shape index (κ2) is 7.37. The molecule has 0 bridgehead atoms. The minimum atomic E-state index is -1.82. The summed E-state index contributed by atoms with van der Waals surface area (Å²) in [5.74, 6) is -3.70. The first kappa shape index (κ1) is 15.0. The molecule has 0 unspecified atom stereocenters. The van der Waals surface area contributed by atoms with Crippen molar-refractivity contribution >= 4 is 17.7 Å². The summed E-state index contributed by atoms with van der Waals surface area (Å²) in [4.78, 5) is 37.7. The summed E-state index contributed by atoms with van der Waals surface area (Å²) in [5.41, 5.74) is 1.17. The molecule has 20 heavy (non-hydrogen) atoms. The standard InChI is InChI=1S/C11H8N2O.C2H2O4/c14-11(9-3-1-5-12-7-9)10-4-2-6-13-8-10;3-1(4)2(5)6/h1-8H;(H,3,4)(H,5,6). The molecule has 2 aromatic heterocycles. The van der Waals surface area contributed by atoms with Crippen molar-refractivity contribution in [3.8, 4) is 0 Å². The number of carboxylic acids is 2. The molecule has 2 heterocycles. The zero-order valence-corrected chi connectivity index (χ0v) is 10.1. The molecule has 0 aliphatic heterocycles. The maximum absolute atomic E-state index is 11.8. The van der Waals surface area contributed by atoms with Gasteiger partial charge in [0.25, 0.3) is 0 Å². The number of aromatic nitrogens is 2. The molecule has 0 fully saturated rings. The topological polar surface area (TPSA) is 117 Å². The maximum Gasteiger partial charge on any atom is 0.414 e. The lowest BCUT2D eigenvalue weighted by Crippen LogP contribution is -2.09. The number of ketones is 1. The minimum absolute atomic E-state index is 0.0498. The number of carbonyl (C=O) groups is 3. The van der Waals surface area contributed by atoms with Crippen molar-refractivity contribution in [2.75, 3.05) is 0 Å². The van der Waals surface area contributed by atoms with Gasteiger partial charge < -0.3 is 10.2 Å². The Labute approximate surface area is 113 Å². The van der Waals surface area contributed by atoms with Gasteiger partial charge in [-0.25, -0.2) is 9.59 Å². The fraction of sp³-hybridized carbons (Fsp3) is 0. The van der Waals surface area contributed by atoms with Crippen molar-refractivity contribution < 1.29 is 24.6 Å². The Hall–Kier alpha value is -3.09. The molecule has 7 nitrogen and oxygen atoms in total. The van der Waals surface area contributed by atoms with E-state index in [4.69, 9.17) is 19.8 Å². The third-order valence-corrected chi connectivity index (χ3v) is 2.03. The van der Waals surface area contributed by atoms with Crippen LogP contribution in [0.4, 0.5) is 0 Å². The summed E-state index contributed by atoms with van der Waals surface area (Å²) in [5, 5.41) is 14.8. The third kappa shape index (κ3) is 4.65. The van der Waals surface area contributed by atoms with E-state index in [2.05, 4.69) is 9.97 Å². The number of rotatable bonds is 2. The Kier molecular flexibility index (Phi) is 5.51. The molecular weight excluding hydrogens is 264 g/mol. The quantitative estimate of drug-likeness (QED) is 0.616. The zero-order chi connectivity index (χ0) is 15.0. The van der Waals surface area contributed by atoms with E-state index < -0.39 is 11.9 Å². The van der Waals surface area contributed by atoms with E-state index in [1.165, 1.54) is 0 Å². The van der Waals surface area contributed by atoms with Crippen molar-refractivity contribution in [3.05, 3.63) is 60.2 Å². The lowest BCUT2D eigenvalue weighted by Gasteiger charge is -1.98. The molecule has 2 aromatic rings. The summed E-state index contributed by atoms with van der Waals surface area (Å²) in [6.45, 7) is 0. The molecule has 7 heteroatoms. The predicted octanol–water partition coefficient (Wildman–Crippen LogP) is 0.863. The van der Waals surface area contributed by atoms with Crippen LogP contribution in [0.25, 0.3) is 0 Å². The van der Waals surface area contributed by atoms with E-state index in [-0.39, 0.29) is 5.78 Å². The number of carboxylic acid groups (broad SMARTS) is 2. The third-order valence-electron chi connectivity index (χ3n) is 2.03. The zero-order valence-electron chi connectivity index (χ0n) is 10.1. The van der Waals surface area contributed by atoms with Crippen molar-refractivity contribution in [3.63, 3.8) is 0 Å². The Morgan fingerprint density at radius 2 is 1.20 bits per heavy atom. The second-order valence-electron chi connectivity index (χ2n) is 3.42. The molecule has 0 spiro atoms. The smallest absolute Gasteiger partial charge is 0.414 e. The Balaban J connectivity index is 0.000000286. The number of aliphatic carboxylic acids is 2. The van der Waals surface area contributed by atoms with Crippen LogP contribution < -0.4 is 0 Å². The maximum atomic E-state index is 11.8. The summed E-state index contributed by atoms with van der Waals surface area (Å²) >= 11 is 0. The first-order valence-corrected chi connectivity index (χ1v) is 5.33. The monoisotopic (exact) mass is 274 g/mol. The van der Waals surface area contributed by atoms with Crippen LogP contribution in [0.1, 0.15) is 15.9 Å². The minimum Gasteiger partial charge on any atom is -0.473 e. The van der Waals surface area contributed by atoms with Crippen LogP contribution in [-0.4, -0.2) is 37.9 Å². The fourth-order valence-corrected chi connectivity index (χ4v) is 1.16. The van der Waals surface area contributed by atoms with Crippen LogP contribution >= 0.6 is 0 Å². The Morgan fingerprint density at radius 1 is 0.800 bits per heavy atom. The number of hydrogen-bond acceptors (Lipinski definition) is 5. The molecule has 102 valence electrons. The van der Waals surface area contributed by atoms with Gasteiger partial charge in [-0.15, -0.1) is 0 Å². The van der Waals surface area contributed by atoms with E-state index in [1.807, 2.05) is 0 Å². The van der Waals surface area contributed by atoms with Crippen LogP contribution in [0, 0.1) is 0 Å². The SMILES string of the molecule is O=C(O)C(=O)O.O=C(c1cccnc1)c1cccnc1. The van der Waals surface area contributed by atoms with Crippen LogP contribution in [-0.2, 0) is 9.59 Å². The molecular formula is C13H10N2O5. The van der Waals surface area contributed by atoms with Gasteiger partial charge in [0.2, 0.25) is 0 Å². The van der Waals surface area contributed by atoms with E-state index in [0.717, 1.165) is 0 Å². The van der Waals surface area contributed by atoms with Gasteiger partial charge in [-0.3, -0.25) is 14.8 Å². The van der Waals surface area contributed by atoms with E-state index >= 15 is 0 Å². The van der Waals surface area contributed by atoms with Crippen LogP contribution in [0.15, 0.2) is 49.1 Å². The number of nitrogens with zero attached hydrogens (tertiary/aromatic N) is 2. The highest BCUT2D eigenvalue weighted by molar-refractivity contribution is 6.27. The van der Waals surface area contributed by atoms with Gasteiger partial charge in [0.05, 0.1) is 0 Å². The molecule has 0 radical (unpaired) electrons. The lowest BCUT2D eigenvalue weighted by molar-refractivity contribution is -0.159. The van der Waals surface area contributed by atoms with Gasteiger partial charge in [-0.1, -0.05) is 0 Å². The van der Waals surface area contributed by atoms with Gasteiger partial charge >= 0.3 is 11.9 Å². The molecule has 0 aliphatic rings. The van der Waals surface area contributed by atoms with Crippen molar-refractivity contribution in [2.24, 2.45) is 0 Å². The Bertz CT molecular complexity index is 545. The fourth-order valence-electron chi connectivity index (χ4n) is 1.16. The number of carbonyl (C=O) groups excluding carboxylic acids is 1. The summed E-state index contributed by atoms with van der Waals surface area (Å²) < 4.78 is 0. The van der Waals surface area contributed by atoms with Crippen LogP contribution in [0.3, 0.4) is 0 Å². The lowest BCUT2D eigenvalue weighted by atomic mass is 10.1. The highest BCUT2D eigenvalue weighted by Gasteiger charge is 2.07. The van der Waals surface area contributed by atoms with E-state index in [1.54, 1.807) is 49.1 Å². The normalized spacial score (nSPS) is 9.00. The van der Waals surface area contributed by atoms with E-state index in [0.29, 0.717) is 11.1 Å². The van der Waals surface area contributed by atoms with Gasteiger partial charge in [0.1, 0.15) is 0 Å². The molecule has 0 saturated heterocycles. The van der Waals surface area contributed by atoms with Gasteiger partial charge in [-0.05, 0) is 24.3 Å². The molecule has 0 saturated carbocycles. The summed E-state index contributed by atoms with van der Waals surface area (Å²) in [6.07, 6.45) is 6.38. The first-order chi connectivity index (χ1) is 9.52. The Morgan fingerprint density at radius 3 is 1.45 bits per heavy atom. The molecule has 0 amide bonds. The highest BCUT2D eigenvalue weighted by Crippen LogP contribution is 2.06. The highest BCUT2D eigenvalue weighted by atomic mass is 16.4. The van der Waals surface area contributed by atoms with Crippen LogP contribution in [0.2, 0.25) is 0 Å². The summed E-state index contributed by atoms with van der Waals surface area (Å²) in [6, 6.07) is 6.96. The second-order valence-corrected chi connectivity index (χ2v) is 3.42. The van der Waals surface area contributed by atoms with Crippen molar-refractivity contribution in [1.29, 1.82) is 0 Å². The average molecular weight is 274 g/mol. The molecule has 2 N–H and O–H groups in total. The van der Waals surface area contributed by atoms with Crippen molar-refractivity contribution in [2.45, 2.75) is 0 Å². The van der Waals surface area contributed by atoms with Crippen molar-refractivity contribution in [1.82, 2.24) is 9.97 Å². The number of hydrogen-bond donors (Lipinski definition) is 2. The first-order valence-electron chi connectivity index (χ1n) is 5.33. The number of pyridine rings is 2. The van der Waals surface area contributed by atoms with Crippen LogP contribution in [0.5, 0.6) is 0 Å². The predicted molar refractivity (Wildman–Crippen MR) is 67.2 cm³/mol. The molecule has 0 aromatic carbocycles. The molecule has 0 atom stereocenters. The molecule has 0 aliphatic carbocycles.